The van der Waals surface area contributed by atoms with Gasteiger partial charge >= 0.3 is 0 Å². The zero-order valence-corrected chi connectivity index (χ0v) is 9.38. The van der Waals surface area contributed by atoms with E-state index < -0.39 is 0 Å². The van der Waals surface area contributed by atoms with Gasteiger partial charge < -0.3 is 5.32 Å². The number of aromatic amines is 1. The Balaban J connectivity index is 2.12. The van der Waals surface area contributed by atoms with Crippen molar-refractivity contribution in [2.75, 3.05) is 6.54 Å². The Morgan fingerprint density at radius 1 is 1.25 bits per heavy atom. The van der Waals surface area contributed by atoms with Crippen LogP contribution in [0, 0.1) is 6.92 Å². The van der Waals surface area contributed by atoms with Crippen LogP contribution in [0.5, 0.6) is 0 Å². The van der Waals surface area contributed by atoms with Gasteiger partial charge in [-0.3, -0.25) is 5.10 Å². The number of fused-ring (bicyclic) bond motifs is 1. The van der Waals surface area contributed by atoms with E-state index in [2.05, 4.69) is 34.6 Å². The number of nitrogens with one attached hydrogen (secondary N) is 2. The quantitative estimate of drug-likeness (QED) is 0.761. The number of aromatic nitrogens is 2. The second-order valence-corrected chi connectivity index (χ2v) is 4.34. The largest absolute Gasteiger partial charge is 0.312 e. The normalized spacial score (nSPS) is 14.8. The minimum Gasteiger partial charge on any atom is -0.312 e. The molecule has 0 bridgehead atoms. The SMILES string of the molecule is Cc1cc(-c2cn[nH]c2)cc2c1CNCC2. The highest BCUT2D eigenvalue weighted by Crippen LogP contribution is 2.26. The third-order valence-electron chi connectivity index (χ3n) is 3.27. The Morgan fingerprint density at radius 3 is 3.00 bits per heavy atom. The second kappa shape index (κ2) is 3.76. The summed E-state index contributed by atoms with van der Waals surface area (Å²) in [4.78, 5) is 0. The highest BCUT2D eigenvalue weighted by Gasteiger charge is 2.12. The molecular formula is C13H15N3. The summed E-state index contributed by atoms with van der Waals surface area (Å²) in [5.74, 6) is 0. The van der Waals surface area contributed by atoms with Gasteiger partial charge in [-0.25, -0.2) is 0 Å². The minimum atomic E-state index is 1.01. The maximum absolute atomic E-state index is 4.00. The lowest BCUT2D eigenvalue weighted by atomic mass is 9.92. The Labute approximate surface area is 94.9 Å². The fourth-order valence-corrected chi connectivity index (χ4v) is 2.38. The molecule has 2 aromatic rings. The summed E-state index contributed by atoms with van der Waals surface area (Å²) in [5.41, 5.74) is 6.77. The first-order valence-corrected chi connectivity index (χ1v) is 5.67. The first kappa shape index (κ1) is 9.60. The maximum Gasteiger partial charge on any atom is 0.0565 e. The molecule has 0 saturated carbocycles. The van der Waals surface area contributed by atoms with E-state index in [0.29, 0.717) is 0 Å². The van der Waals surface area contributed by atoms with E-state index >= 15 is 0 Å². The standard InChI is InChI=1S/C13H15N3/c1-9-4-11(12-6-15-16-7-12)5-10-2-3-14-8-13(9)10/h4-7,14H,2-3,8H2,1H3,(H,15,16). The molecular weight excluding hydrogens is 198 g/mol. The Morgan fingerprint density at radius 2 is 2.19 bits per heavy atom. The molecule has 0 spiro atoms. The molecule has 1 aliphatic rings. The fraction of sp³-hybridized carbons (Fsp3) is 0.308. The molecule has 1 aromatic heterocycles. The van der Waals surface area contributed by atoms with Crippen LogP contribution < -0.4 is 5.32 Å². The van der Waals surface area contributed by atoms with Crippen molar-refractivity contribution in [3.8, 4) is 11.1 Å². The molecule has 1 aliphatic heterocycles. The molecule has 82 valence electrons. The second-order valence-electron chi connectivity index (χ2n) is 4.34. The van der Waals surface area contributed by atoms with Crippen LogP contribution in [0.15, 0.2) is 24.5 Å². The van der Waals surface area contributed by atoms with Crippen molar-refractivity contribution in [2.24, 2.45) is 0 Å². The zero-order valence-electron chi connectivity index (χ0n) is 9.38. The van der Waals surface area contributed by atoms with Gasteiger partial charge in [0.1, 0.15) is 0 Å². The maximum atomic E-state index is 4.00. The molecule has 1 aromatic carbocycles. The number of H-pyrrole nitrogens is 1. The molecule has 3 heteroatoms. The summed E-state index contributed by atoms with van der Waals surface area (Å²) in [6.07, 6.45) is 4.95. The average molecular weight is 213 g/mol. The van der Waals surface area contributed by atoms with E-state index in [0.717, 1.165) is 19.5 Å². The summed E-state index contributed by atoms with van der Waals surface area (Å²) >= 11 is 0. The molecule has 2 N–H and O–H groups in total. The highest BCUT2D eigenvalue weighted by molar-refractivity contribution is 5.65. The van der Waals surface area contributed by atoms with Gasteiger partial charge in [0, 0.05) is 18.3 Å². The van der Waals surface area contributed by atoms with Gasteiger partial charge in [-0.2, -0.15) is 5.10 Å². The number of hydrogen-bond acceptors (Lipinski definition) is 2. The van der Waals surface area contributed by atoms with Crippen molar-refractivity contribution in [1.29, 1.82) is 0 Å². The van der Waals surface area contributed by atoms with E-state index in [1.54, 1.807) is 0 Å². The average Bonchev–Trinajstić information content (AvgIpc) is 2.82. The Bertz CT molecular complexity index is 500. The van der Waals surface area contributed by atoms with Crippen LogP contribution in [0.25, 0.3) is 11.1 Å². The predicted molar refractivity (Wildman–Crippen MR) is 64.2 cm³/mol. The number of nitrogens with zero attached hydrogens (tertiary/aromatic N) is 1. The van der Waals surface area contributed by atoms with Gasteiger partial charge in [-0.1, -0.05) is 12.1 Å². The van der Waals surface area contributed by atoms with Gasteiger partial charge in [0.05, 0.1) is 6.20 Å². The Hall–Kier alpha value is -1.61. The summed E-state index contributed by atoms with van der Waals surface area (Å²) in [6, 6.07) is 4.55. The van der Waals surface area contributed by atoms with Gasteiger partial charge in [0.2, 0.25) is 0 Å². The number of benzene rings is 1. The van der Waals surface area contributed by atoms with E-state index in [1.807, 2.05) is 12.4 Å². The van der Waals surface area contributed by atoms with Crippen LogP contribution in [-0.4, -0.2) is 16.7 Å². The van der Waals surface area contributed by atoms with E-state index in [1.165, 1.54) is 27.8 Å². The predicted octanol–water partition coefficient (Wildman–Crippen LogP) is 2.03. The van der Waals surface area contributed by atoms with Crippen LogP contribution >= 0.6 is 0 Å². The molecule has 0 atom stereocenters. The van der Waals surface area contributed by atoms with Crippen molar-refractivity contribution in [3.05, 3.63) is 41.2 Å². The topological polar surface area (TPSA) is 40.7 Å². The van der Waals surface area contributed by atoms with Crippen LogP contribution in [0.4, 0.5) is 0 Å². The fourth-order valence-electron chi connectivity index (χ4n) is 2.38. The molecule has 0 amide bonds. The molecule has 2 heterocycles. The van der Waals surface area contributed by atoms with Crippen LogP contribution in [0.2, 0.25) is 0 Å². The molecule has 16 heavy (non-hydrogen) atoms. The lowest BCUT2D eigenvalue weighted by Gasteiger charge is -2.20. The molecule has 0 radical (unpaired) electrons. The van der Waals surface area contributed by atoms with Crippen LogP contribution in [-0.2, 0) is 13.0 Å². The highest BCUT2D eigenvalue weighted by atomic mass is 15.1. The monoisotopic (exact) mass is 213 g/mol. The number of aryl methyl sites for hydroxylation is 1. The van der Waals surface area contributed by atoms with E-state index in [-0.39, 0.29) is 0 Å². The Kier molecular flexibility index (Phi) is 2.26. The number of rotatable bonds is 1. The van der Waals surface area contributed by atoms with Crippen LogP contribution in [0.1, 0.15) is 16.7 Å². The van der Waals surface area contributed by atoms with Gasteiger partial charge in [-0.15, -0.1) is 0 Å². The zero-order chi connectivity index (χ0) is 11.0. The molecule has 0 fully saturated rings. The summed E-state index contributed by atoms with van der Waals surface area (Å²) in [6.45, 7) is 4.28. The number of hydrogen-bond donors (Lipinski definition) is 2. The molecule has 0 unspecified atom stereocenters. The summed E-state index contributed by atoms with van der Waals surface area (Å²) in [5, 5.41) is 10.3. The van der Waals surface area contributed by atoms with Crippen molar-refractivity contribution in [3.63, 3.8) is 0 Å². The van der Waals surface area contributed by atoms with Crippen molar-refractivity contribution in [2.45, 2.75) is 19.9 Å². The first-order chi connectivity index (χ1) is 7.84. The molecule has 3 nitrogen and oxygen atoms in total. The third-order valence-corrected chi connectivity index (χ3v) is 3.27. The van der Waals surface area contributed by atoms with E-state index in [4.69, 9.17) is 0 Å². The third kappa shape index (κ3) is 1.53. The first-order valence-electron chi connectivity index (χ1n) is 5.67. The van der Waals surface area contributed by atoms with Crippen LogP contribution in [0.3, 0.4) is 0 Å². The van der Waals surface area contributed by atoms with Crippen molar-refractivity contribution < 1.29 is 0 Å². The summed E-state index contributed by atoms with van der Waals surface area (Å²) < 4.78 is 0. The summed E-state index contributed by atoms with van der Waals surface area (Å²) in [7, 11) is 0. The molecule has 0 saturated heterocycles. The van der Waals surface area contributed by atoms with Crippen molar-refractivity contribution in [1.82, 2.24) is 15.5 Å². The molecule has 0 aliphatic carbocycles. The lowest BCUT2D eigenvalue weighted by molar-refractivity contribution is 0.641. The van der Waals surface area contributed by atoms with Crippen molar-refractivity contribution >= 4 is 0 Å². The van der Waals surface area contributed by atoms with Gasteiger partial charge in [-0.05, 0) is 42.1 Å². The van der Waals surface area contributed by atoms with E-state index in [9.17, 15) is 0 Å². The van der Waals surface area contributed by atoms with Gasteiger partial charge in [0.15, 0.2) is 0 Å². The minimum absolute atomic E-state index is 1.01. The lowest BCUT2D eigenvalue weighted by Crippen LogP contribution is -2.24. The smallest absolute Gasteiger partial charge is 0.0565 e. The molecule has 3 rings (SSSR count). The van der Waals surface area contributed by atoms with Gasteiger partial charge in [0.25, 0.3) is 0 Å².